The fourth-order valence-electron chi connectivity index (χ4n) is 2.87. The Morgan fingerprint density at radius 1 is 1.00 bits per heavy atom. The Kier molecular flexibility index (Phi) is 7.01. The van der Waals surface area contributed by atoms with Crippen molar-refractivity contribution in [2.24, 2.45) is 5.92 Å². The van der Waals surface area contributed by atoms with Crippen LogP contribution >= 0.6 is 0 Å². The molecule has 0 spiro atoms. The first-order valence-corrected chi connectivity index (χ1v) is 8.83. The van der Waals surface area contributed by atoms with Gasteiger partial charge in [-0.05, 0) is 17.5 Å². The molecule has 0 saturated heterocycles. The van der Waals surface area contributed by atoms with Gasteiger partial charge < -0.3 is 10.6 Å². The van der Waals surface area contributed by atoms with Gasteiger partial charge in [-0.15, -0.1) is 0 Å². The number of carbonyl (C=O) groups is 1. The third-order valence-corrected chi connectivity index (χ3v) is 4.38. The predicted molar refractivity (Wildman–Crippen MR) is 98.5 cm³/mol. The summed E-state index contributed by atoms with van der Waals surface area (Å²) in [7, 11) is 0. The first-order valence-electron chi connectivity index (χ1n) is 8.83. The summed E-state index contributed by atoms with van der Waals surface area (Å²) < 4.78 is 0. The number of amides is 1. The number of quaternary nitrogens is 1. The van der Waals surface area contributed by atoms with E-state index in [1.54, 1.807) is 0 Å². The van der Waals surface area contributed by atoms with Crippen molar-refractivity contribution in [3.63, 3.8) is 0 Å². The van der Waals surface area contributed by atoms with Crippen LogP contribution < -0.4 is 10.6 Å². The summed E-state index contributed by atoms with van der Waals surface area (Å²) in [5.74, 6) is 0.550. The Bertz CT molecular complexity index is 620. The third kappa shape index (κ3) is 5.50. The van der Waals surface area contributed by atoms with Crippen molar-refractivity contribution >= 4 is 5.91 Å². The van der Waals surface area contributed by atoms with Gasteiger partial charge in [0, 0.05) is 18.0 Å². The molecule has 0 unspecified atom stereocenters. The largest absolute Gasteiger partial charge is 0.347 e. The van der Waals surface area contributed by atoms with Crippen molar-refractivity contribution in [1.29, 1.82) is 0 Å². The number of hydrogen-bond acceptors (Lipinski definition) is 1. The fourth-order valence-corrected chi connectivity index (χ4v) is 2.87. The average molecular weight is 325 g/mol. The molecule has 1 atom stereocenters. The molecule has 128 valence electrons. The second-order valence-corrected chi connectivity index (χ2v) is 6.57. The lowest BCUT2D eigenvalue weighted by molar-refractivity contribution is -0.692. The fraction of sp³-hybridized carbons (Fsp3) is 0.381. The Balaban J connectivity index is 1.87. The Morgan fingerprint density at radius 3 is 2.25 bits per heavy atom. The van der Waals surface area contributed by atoms with Crippen molar-refractivity contribution < 1.29 is 10.1 Å². The molecule has 0 saturated carbocycles. The van der Waals surface area contributed by atoms with E-state index in [4.69, 9.17) is 0 Å². The smallest absolute Gasteiger partial charge is 0.275 e. The van der Waals surface area contributed by atoms with Crippen molar-refractivity contribution in [1.82, 2.24) is 5.32 Å². The Labute approximate surface area is 145 Å². The summed E-state index contributed by atoms with van der Waals surface area (Å²) in [6.07, 6.45) is 1.05. The summed E-state index contributed by atoms with van der Waals surface area (Å²) in [5, 5.41) is 5.14. The van der Waals surface area contributed by atoms with Crippen LogP contribution in [0.1, 0.15) is 43.5 Å². The molecule has 0 aliphatic rings. The maximum atomic E-state index is 12.1. The van der Waals surface area contributed by atoms with Crippen LogP contribution in [0.5, 0.6) is 0 Å². The molecular formula is C21H29N2O+. The molecule has 0 bridgehead atoms. The summed E-state index contributed by atoms with van der Waals surface area (Å²) in [6.45, 7) is 7.61. The molecule has 1 amide bonds. The Morgan fingerprint density at radius 2 is 1.67 bits per heavy atom. The van der Waals surface area contributed by atoms with Gasteiger partial charge in [-0.2, -0.15) is 0 Å². The standard InChI is InChI=1S/C21H28N2O/c1-4-17-10-12-19(13-11-17)21(16(2)3)23-15-20(24)22-14-18-8-6-5-7-9-18/h5-13,16,21,23H,4,14-15H2,1-3H3,(H,22,24)/p+1/t21-/m0/s1. The molecule has 0 radical (unpaired) electrons. The molecule has 3 nitrogen and oxygen atoms in total. The minimum Gasteiger partial charge on any atom is -0.347 e. The number of benzene rings is 2. The summed E-state index contributed by atoms with van der Waals surface area (Å²) in [5.41, 5.74) is 3.77. The van der Waals surface area contributed by atoms with Gasteiger partial charge in [0.15, 0.2) is 6.54 Å². The molecule has 0 fully saturated rings. The van der Waals surface area contributed by atoms with Gasteiger partial charge in [0.1, 0.15) is 6.04 Å². The van der Waals surface area contributed by atoms with E-state index in [0.717, 1.165) is 12.0 Å². The monoisotopic (exact) mass is 325 g/mol. The molecule has 3 N–H and O–H groups in total. The molecule has 24 heavy (non-hydrogen) atoms. The number of carbonyl (C=O) groups excluding carboxylic acids is 1. The maximum Gasteiger partial charge on any atom is 0.275 e. The van der Waals surface area contributed by atoms with Crippen LogP contribution in [0.3, 0.4) is 0 Å². The van der Waals surface area contributed by atoms with Gasteiger partial charge in [0.25, 0.3) is 5.91 Å². The van der Waals surface area contributed by atoms with Crippen molar-refractivity contribution in [2.75, 3.05) is 6.54 Å². The molecule has 2 aromatic carbocycles. The SMILES string of the molecule is CCc1ccc([C@@H]([NH2+]CC(=O)NCc2ccccc2)C(C)C)cc1. The quantitative estimate of drug-likeness (QED) is 0.770. The highest BCUT2D eigenvalue weighted by molar-refractivity contribution is 5.76. The van der Waals surface area contributed by atoms with Crippen LogP contribution in [0.15, 0.2) is 54.6 Å². The number of hydrogen-bond donors (Lipinski definition) is 2. The zero-order chi connectivity index (χ0) is 17.4. The van der Waals surface area contributed by atoms with Crippen LogP contribution in [0.25, 0.3) is 0 Å². The molecule has 2 aromatic rings. The molecule has 3 heteroatoms. The van der Waals surface area contributed by atoms with Gasteiger partial charge in [-0.25, -0.2) is 0 Å². The first-order chi connectivity index (χ1) is 11.6. The number of aryl methyl sites for hydroxylation is 1. The summed E-state index contributed by atoms with van der Waals surface area (Å²) in [6, 6.07) is 19.1. The van der Waals surface area contributed by atoms with Crippen LogP contribution in [0.4, 0.5) is 0 Å². The third-order valence-electron chi connectivity index (χ3n) is 4.38. The lowest BCUT2D eigenvalue weighted by Gasteiger charge is -2.19. The maximum absolute atomic E-state index is 12.1. The van der Waals surface area contributed by atoms with Crippen LogP contribution in [-0.4, -0.2) is 12.5 Å². The number of nitrogens with one attached hydrogen (secondary N) is 1. The highest BCUT2D eigenvalue weighted by Crippen LogP contribution is 2.18. The lowest BCUT2D eigenvalue weighted by Crippen LogP contribution is -2.88. The van der Waals surface area contributed by atoms with E-state index < -0.39 is 0 Å². The van der Waals surface area contributed by atoms with Crippen LogP contribution in [0.2, 0.25) is 0 Å². The van der Waals surface area contributed by atoms with Gasteiger partial charge >= 0.3 is 0 Å². The van der Waals surface area contributed by atoms with Gasteiger partial charge in [-0.3, -0.25) is 4.79 Å². The van der Waals surface area contributed by atoms with Gasteiger partial charge in [0.05, 0.1) is 0 Å². The van der Waals surface area contributed by atoms with E-state index in [1.165, 1.54) is 11.1 Å². The molecule has 0 aliphatic carbocycles. The number of nitrogens with two attached hydrogens (primary N) is 1. The molecule has 0 aliphatic heterocycles. The van der Waals surface area contributed by atoms with Crippen molar-refractivity contribution in [3.8, 4) is 0 Å². The minimum atomic E-state index is 0.0784. The second kappa shape index (κ2) is 9.24. The lowest BCUT2D eigenvalue weighted by atomic mass is 9.95. The minimum absolute atomic E-state index is 0.0784. The second-order valence-electron chi connectivity index (χ2n) is 6.57. The Hall–Kier alpha value is -2.13. The van der Waals surface area contributed by atoms with E-state index >= 15 is 0 Å². The zero-order valence-electron chi connectivity index (χ0n) is 15.0. The first kappa shape index (κ1) is 18.2. The highest BCUT2D eigenvalue weighted by Gasteiger charge is 2.20. The average Bonchev–Trinajstić information content (AvgIpc) is 2.61. The molecule has 2 rings (SSSR count). The van der Waals surface area contributed by atoms with Crippen LogP contribution in [-0.2, 0) is 17.8 Å². The van der Waals surface area contributed by atoms with Crippen molar-refractivity contribution in [3.05, 3.63) is 71.3 Å². The summed E-state index contributed by atoms with van der Waals surface area (Å²) >= 11 is 0. The van der Waals surface area contributed by atoms with Crippen molar-refractivity contribution in [2.45, 2.75) is 39.8 Å². The number of rotatable bonds is 8. The predicted octanol–water partition coefficient (Wildman–Crippen LogP) is 2.83. The highest BCUT2D eigenvalue weighted by atomic mass is 16.1. The van der Waals surface area contributed by atoms with E-state index in [0.29, 0.717) is 25.0 Å². The van der Waals surface area contributed by atoms with Gasteiger partial charge in [-0.1, -0.05) is 75.4 Å². The zero-order valence-corrected chi connectivity index (χ0v) is 15.0. The normalized spacial score (nSPS) is 12.2. The van der Waals surface area contributed by atoms with E-state index in [2.05, 4.69) is 55.7 Å². The van der Waals surface area contributed by atoms with E-state index in [1.807, 2.05) is 30.3 Å². The van der Waals surface area contributed by atoms with Crippen LogP contribution in [0, 0.1) is 5.92 Å². The van der Waals surface area contributed by atoms with E-state index in [-0.39, 0.29) is 5.91 Å². The molecular weight excluding hydrogens is 296 g/mol. The molecule has 0 heterocycles. The van der Waals surface area contributed by atoms with E-state index in [9.17, 15) is 4.79 Å². The molecule has 0 aromatic heterocycles. The van der Waals surface area contributed by atoms with Gasteiger partial charge in [0.2, 0.25) is 0 Å². The summed E-state index contributed by atoms with van der Waals surface area (Å²) in [4.78, 5) is 12.1. The topological polar surface area (TPSA) is 45.7 Å².